The highest BCUT2D eigenvalue weighted by Crippen LogP contribution is 2.28. The van der Waals surface area contributed by atoms with Gasteiger partial charge in [-0.05, 0) is 43.0 Å². The SMILES string of the molecule is Cc1csc(Sc2ccc(C(=O)Nc3ccccc3)nn2)n1. The molecule has 5 nitrogen and oxygen atoms in total. The van der Waals surface area contributed by atoms with Crippen molar-refractivity contribution in [1.29, 1.82) is 0 Å². The van der Waals surface area contributed by atoms with Gasteiger partial charge in [-0.2, -0.15) is 0 Å². The molecule has 0 saturated carbocycles. The van der Waals surface area contributed by atoms with Crippen LogP contribution in [0.3, 0.4) is 0 Å². The standard InChI is InChI=1S/C15H12N4OS2/c1-10-9-21-15(16-10)22-13-8-7-12(18-19-13)14(20)17-11-5-3-2-4-6-11/h2-9H,1H3,(H,17,20). The molecule has 2 aromatic heterocycles. The molecule has 2 heterocycles. The van der Waals surface area contributed by atoms with Crippen LogP contribution in [-0.2, 0) is 0 Å². The molecule has 0 aliphatic carbocycles. The first-order valence-corrected chi connectivity index (χ1v) is 8.20. The van der Waals surface area contributed by atoms with Gasteiger partial charge in [-0.3, -0.25) is 4.79 Å². The summed E-state index contributed by atoms with van der Waals surface area (Å²) in [5, 5.41) is 13.5. The molecule has 0 atom stereocenters. The molecule has 1 aromatic carbocycles. The zero-order valence-electron chi connectivity index (χ0n) is 11.7. The smallest absolute Gasteiger partial charge is 0.276 e. The van der Waals surface area contributed by atoms with E-state index in [-0.39, 0.29) is 11.6 Å². The minimum absolute atomic E-state index is 0.277. The summed E-state index contributed by atoms with van der Waals surface area (Å²) in [7, 11) is 0. The maximum Gasteiger partial charge on any atom is 0.276 e. The molecule has 0 radical (unpaired) electrons. The van der Waals surface area contributed by atoms with Gasteiger partial charge in [0.15, 0.2) is 10.0 Å². The number of para-hydroxylation sites is 1. The fourth-order valence-electron chi connectivity index (χ4n) is 1.68. The van der Waals surface area contributed by atoms with Crippen LogP contribution in [0, 0.1) is 6.92 Å². The van der Waals surface area contributed by atoms with E-state index in [9.17, 15) is 4.79 Å². The number of hydrogen-bond donors (Lipinski definition) is 1. The van der Waals surface area contributed by atoms with Crippen LogP contribution in [0.2, 0.25) is 0 Å². The van der Waals surface area contributed by atoms with Gasteiger partial charge >= 0.3 is 0 Å². The Balaban J connectivity index is 1.67. The molecule has 3 aromatic rings. The summed E-state index contributed by atoms with van der Waals surface area (Å²) in [4.78, 5) is 16.4. The van der Waals surface area contributed by atoms with E-state index in [1.807, 2.05) is 42.6 Å². The summed E-state index contributed by atoms with van der Waals surface area (Å²) in [5.74, 6) is -0.277. The van der Waals surface area contributed by atoms with E-state index >= 15 is 0 Å². The lowest BCUT2D eigenvalue weighted by Crippen LogP contribution is -2.14. The van der Waals surface area contributed by atoms with E-state index in [1.54, 1.807) is 23.5 Å². The van der Waals surface area contributed by atoms with Crippen molar-refractivity contribution in [2.45, 2.75) is 16.3 Å². The third-order valence-electron chi connectivity index (χ3n) is 2.69. The number of thiazole rings is 1. The molecule has 110 valence electrons. The molecule has 7 heteroatoms. The monoisotopic (exact) mass is 328 g/mol. The maximum atomic E-state index is 12.1. The first-order valence-electron chi connectivity index (χ1n) is 6.51. The van der Waals surface area contributed by atoms with E-state index in [1.165, 1.54) is 11.8 Å². The number of aryl methyl sites for hydroxylation is 1. The molecule has 1 amide bonds. The lowest BCUT2D eigenvalue weighted by Gasteiger charge is -2.04. The van der Waals surface area contributed by atoms with Crippen molar-refractivity contribution in [3.05, 3.63) is 59.2 Å². The Morgan fingerprint density at radius 1 is 1.14 bits per heavy atom. The normalized spacial score (nSPS) is 10.4. The molecule has 0 saturated heterocycles. The molecule has 22 heavy (non-hydrogen) atoms. The van der Waals surface area contributed by atoms with Crippen LogP contribution in [0.15, 0.2) is 57.2 Å². The highest BCUT2D eigenvalue weighted by molar-refractivity contribution is 8.00. The Morgan fingerprint density at radius 2 is 1.95 bits per heavy atom. The predicted molar refractivity (Wildman–Crippen MR) is 87.4 cm³/mol. The number of hydrogen-bond acceptors (Lipinski definition) is 6. The molecular weight excluding hydrogens is 316 g/mol. The number of aromatic nitrogens is 3. The number of nitrogens with one attached hydrogen (secondary N) is 1. The summed E-state index contributed by atoms with van der Waals surface area (Å²) in [6, 6.07) is 12.7. The van der Waals surface area contributed by atoms with Gasteiger partial charge in [0.05, 0.1) is 0 Å². The first-order chi connectivity index (χ1) is 10.7. The van der Waals surface area contributed by atoms with Gasteiger partial charge in [-0.25, -0.2) is 4.98 Å². The van der Waals surface area contributed by atoms with Crippen LogP contribution in [0.4, 0.5) is 5.69 Å². The Bertz CT molecular complexity index is 772. The number of rotatable bonds is 4. The van der Waals surface area contributed by atoms with Crippen molar-refractivity contribution in [2.75, 3.05) is 5.32 Å². The van der Waals surface area contributed by atoms with Crippen molar-refractivity contribution < 1.29 is 4.79 Å². The summed E-state index contributed by atoms with van der Waals surface area (Å²) >= 11 is 3.00. The summed E-state index contributed by atoms with van der Waals surface area (Å²) < 4.78 is 0.910. The van der Waals surface area contributed by atoms with Gasteiger partial charge in [0.2, 0.25) is 0 Å². The van der Waals surface area contributed by atoms with Crippen molar-refractivity contribution in [3.63, 3.8) is 0 Å². The second-order valence-electron chi connectivity index (χ2n) is 4.43. The van der Waals surface area contributed by atoms with Crippen LogP contribution in [0.25, 0.3) is 0 Å². The van der Waals surface area contributed by atoms with E-state index in [0.717, 1.165) is 15.7 Å². The highest BCUT2D eigenvalue weighted by atomic mass is 32.2. The van der Waals surface area contributed by atoms with E-state index in [2.05, 4.69) is 20.5 Å². The number of nitrogens with zero attached hydrogens (tertiary/aromatic N) is 3. The fraction of sp³-hybridized carbons (Fsp3) is 0.0667. The average molecular weight is 328 g/mol. The lowest BCUT2D eigenvalue weighted by atomic mass is 10.3. The van der Waals surface area contributed by atoms with Gasteiger partial charge in [0.1, 0.15) is 5.03 Å². The van der Waals surface area contributed by atoms with E-state index in [0.29, 0.717) is 5.03 Å². The molecule has 0 aliphatic heterocycles. The number of amides is 1. The zero-order chi connectivity index (χ0) is 15.4. The van der Waals surface area contributed by atoms with Crippen LogP contribution < -0.4 is 5.32 Å². The van der Waals surface area contributed by atoms with Crippen LogP contribution in [0.1, 0.15) is 16.2 Å². The first kappa shape index (κ1) is 14.7. The average Bonchev–Trinajstić information content (AvgIpc) is 2.94. The molecule has 3 rings (SSSR count). The van der Waals surface area contributed by atoms with Crippen LogP contribution in [0.5, 0.6) is 0 Å². The predicted octanol–water partition coefficient (Wildman–Crippen LogP) is 3.65. The Kier molecular flexibility index (Phi) is 4.45. The second-order valence-corrected chi connectivity index (χ2v) is 6.56. The minimum Gasteiger partial charge on any atom is -0.321 e. The van der Waals surface area contributed by atoms with Crippen molar-refractivity contribution >= 4 is 34.7 Å². The molecule has 0 bridgehead atoms. The van der Waals surface area contributed by atoms with Gasteiger partial charge in [-0.15, -0.1) is 21.5 Å². The molecule has 0 spiro atoms. The summed E-state index contributed by atoms with van der Waals surface area (Å²) in [6.07, 6.45) is 0. The number of anilines is 1. The topological polar surface area (TPSA) is 67.8 Å². The van der Waals surface area contributed by atoms with Crippen molar-refractivity contribution in [1.82, 2.24) is 15.2 Å². The Labute approximate surface area is 135 Å². The van der Waals surface area contributed by atoms with Crippen LogP contribution >= 0.6 is 23.1 Å². The van der Waals surface area contributed by atoms with Gasteiger partial charge in [-0.1, -0.05) is 18.2 Å². The van der Waals surface area contributed by atoms with Crippen molar-refractivity contribution in [2.24, 2.45) is 0 Å². The number of benzene rings is 1. The lowest BCUT2D eigenvalue weighted by molar-refractivity contribution is 0.102. The zero-order valence-corrected chi connectivity index (χ0v) is 13.3. The third kappa shape index (κ3) is 3.69. The van der Waals surface area contributed by atoms with Gasteiger partial charge in [0.25, 0.3) is 5.91 Å². The molecule has 0 unspecified atom stereocenters. The Morgan fingerprint density at radius 3 is 2.59 bits per heavy atom. The van der Waals surface area contributed by atoms with E-state index in [4.69, 9.17) is 0 Å². The van der Waals surface area contributed by atoms with Gasteiger partial charge < -0.3 is 5.32 Å². The largest absolute Gasteiger partial charge is 0.321 e. The summed E-state index contributed by atoms with van der Waals surface area (Å²) in [5.41, 5.74) is 1.99. The maximum absolute atomic E-state index is 12.1. The molecular formula is C15H12N4OS2. The molecule has 1 N–H and O–H groups in total. The van der Waals surface area contributed by atoms with E-state index < -0.39 is 0 Å². The highest BCUT2D eigenvalue weighted by Gasteiger charge is 2.10. The number of carbonyl (C=O) groups excluding carboxylic acids is 1. The minimum atomic E-state index is -0.277. The second kappa shape index (κ2) is 6.67. The number of carbonyl (C=O) groups is 1. The quantitative estimate of drug-likeness (QED) is 0.792. The van der Waals surface area contributed by atoms with Crippen molar-refractivity contribution in [3.8, 4) is 0 Å². The van der Waals surface area contributed by atoms with Crippen LogP contribution in [-0.4, -0.2) is 21.1 Å². The molecule has 0 aliphatic rings. The Hall–Kier alpha value is -2.25. The third-order valence-corrected chi connectivity index (χ3v) is 4.68. The molecule has 0 fully saturated rings. The fourth-order valence-corrected chi connectivity index (χ4v) is 3.38. The van der Waals surface area contributed by atoms with Gasteiger partial charge in [0, 0.05) is 16.8 Å². The summed E-state index contributed by atoms with van der Waals surface area (Å²) in [6.45, 7) is 1.95.